The summed E-state index contributed by atoms with van der Waals surface area (Å²) in [5, 5.41) is 12.5. The third-order valence-corrected chi connectivity index (χ3v) is 5.17. The smallest absolute Gasteiger partial charge is 0.225 e. The van der Waals surface area contributed by atoms with Gasteiger partial charge in [-0.3, -0.25) is 0 Å². The summed E-state index contributed by atoms with van der Waals surface area (Å²) in [6.07, 6.45) is 2.51. The molecule has 1 unspecified atom stereocenters. The summed E-state index contributed by atoms with van der Waals surface area (Å²) in [5.74, 6) is 2.70. The minimum atomic E-state index is 0.0858. The molecule has 0 fully saturated rings. The van der Waals surface area contributed by atoms with Crippen LogP contribution in [0.2, 0.25) is 0 Å². The maximum absolute atomic E-state index is 9.12. The molecule has 0 spiro atoms. The van der Waals surface area contributed by atoms with Crippen molar-refractivity contribution in [2.24, 2.45) is 0 Å². The Bertz CT molecular complexity index is 1280. The minimum Gasteiger partial charge on any atom is -0.351 e. The second kappa shape index (κ2) is 9.88. The van der Waals surface area contributed by atoms with Gasteiger partial charge in [0.15, 0.2) is 5.82 Å². The van der Waals surface area contributed by atoms with Crippen LogP contribution in [-0.2, 0) is 6.42 Å². The van der Waals surface area contributed by atoms with Crippen LogP contribution in [0.4, 0.5) is 17.6 Å². The molecule has 4 rings (SSSR count). The van der Waals surface area contributed by atoms with Crippen LogP contribution in [0.3, 0.4) is 0 Å². The Hall–Kier alpha value is -4.31. The largest absolute Gasteiger partial charge is 0.351 e. The second-order valence-electron chi connectivity index (χ2n) is 7.92. The highest BCUT2D eigenvalue weighted by molar-refractivity contribution is 5.61. The normalized spacial score (nSPS) is 11.5. The lowest BCUT2D eigenvalue weighted by Gasteiger charge is -2.20. The van der Waals surface area contributed by atoms with Crippen LogP contribution in [0, 0.1) is 18.3 Å². The third-order valence-electron chi connectivity index (χ3n) is 5.17. The first kappa shape index (κ1) is 21.9. The van der Waals surface area contributed by atoms with Crippen molar-refractivity contribution in [2.75, 3.05) is 17.3 Å². The second-order valence-corrected chi connectivity index (χ2v) is 7.92. The van der Waals surface area contributed by atoms with Crippen molar-refractivity contribution in [2.45, 2.75) is 26.3 Å². The van der Waals surface area contributed by atoms with Gasteiger partial charge in [0.1, 0.15) is 11.6 Å². The monoisotopic (exact) mass is 435 g/mol. The van der Waals surface area contributed by atoms with E-state index < -0.39 is 0 Å². The summed E-state index contributed by atoms with van der Waals surface area (Å²) < 4.78 is 0. The average Bonchev–Trinajstić information content (AvgIpc) is 2.84. The summed E-state index contributed by atoms with van der Waals surface area (Å²) >= 11 is 0. The van der Waals surface area contributed by atoms with Crippen molar-refractivity contribution in [3.05, 3.63) is 89.7 Å². The molecule has 0 saturated heterocycles. The van der Waals surface area contributed by atoms with Gasteiger partial charge in [-0.25, -0.2) is 15.0 Å². The molecule has 2 aromatic carbocycles. The van der Waals surface area contributed by atoms with Crippen molar-refractivity contribution >= 4 is 17.6 Å². The zero-order valence-corrected chi connectivity index (χ0v) is 18.9. The van der Waals surface area contributed by atoms with Gasteiger partial charge in [0.2, 0.25) is 5.95 Å². The molecule has 1 N–H and O–H groups in total. The van der Waals surface area contributed by atoms with E-state index >= 15 is 0 Å². The lowest BCUT2D eigenvalue weighted by molar-refractivity contribution is 0.775. The summed E-state index contributed by atoms with van der Waals surface area (Å²) in [7, 11) is 1.93. The van der Waals surface area contributed by atoms with Crippen molar-refractivity contribution in [1.29, 1.82) is 5.26 Å². The summed E-state index contributed by atoms with van der Waals surface area (Å²) in [5.41, 5.74) is 3.57. The van der Waals surface area contributed by atoms with Crippen LogP contribution >= 0.6 is 0 Å². The number of nitrogens with one attached hydrogen (secondary N) is 1. The molecule has 0 aliphatic heterocycles. The van der Waals surface area contributed by atoms with Gasteiger partial charge < -0.3 is 10.2 Å². The van der Waals surface area contributed by atoms with Gasteiger partial charge in [0.05, 0.1) is 11.6 Å². The number of nitrogens with zero attached hydrogens (tertiary/aromatic N) is 6. The number of benzene rings is 2. The number of nitriles is 1. The number of hydrogen-bond donors (Lipinski definition) is 1. The van der Waals surface area contributed by atoms with Gasteiger partial charge in [-0.1, -0.05) is 42.5 Å². The highest BCUT2D eigenvalue weighted by Gasteiger charge is 2.13. The van der Waals surface area contributed by atoms with Gasteiger partial charge in [0.25, 0.3) is 0 Å². The molecule has 2 aromatic heterocycles. The molecule has 0 aliphatic carbocycles. The van der Waals surface area contributed by atoms with Gasteiger partial charge in [-0.2, -0.15) is 10.2 Å². The fraction of sp³-hybridized carbons (Fsp3) is 0.192. The van der Waals surface area contributed by atoms with E-state index in [2.05, 4.69) is 28.3 Å². The van der Waals surface area contributed by atoms with E-state index in [9.17, 15) is 0 Å². The van der Waals surface area contributed by atoms with Crippen LogP contribution in [0.15, 0.2) is 72.9 Å². The van der Waals surface area contributed by atoms with Crippen LogP contribution in [-0.4, -0.2) is 33.0 Å². The predicted molar refractivity (Wildman–Crippen MR) is 130 cm³/mol. The molecule has 1 atom stereocenters. The van der Waals surface area contributed by atoms with E-state index in [0.29, 0.717) is 17.3 Å². The average molecular weight is 436 g/mol. The molecule has 0 amide bonds. The molecular weight excluding hydrogens is 410 g/mol. The van der Waals surface area contributed by atoms with E-state index in [1.54, 1.807) is 6.20 Å². The number of aryl methyl sites for hydroxylation is 1. The molecule has 0 radical (unpaired) electrons. The standard InChI is InChI=1S/C26H25N7/c1-18(14-20-8-7-9-21(16-20)17-27)29-26-30-19(2)15-24(32-26)33(3)23-12-13-28-25(31-23)22-10-5-4-6-11-22/h4-13,15-16,18H,14H2,1-3H3,(H,29,30,32). The maximum Gasteiger partial charge on any atom is 0.225 e. The molecule has 4 aromatic rings. The Balaban J connectivity index is 1.53. The minimum absolute atomic E-state index is 0.0858. The summed E-state index contributed by atoms with van der Waals surface area (Å²) in [4.78, 5) is 20.3. The first-order chi connectivity index (χ1) is 16.0. The number of hydrogen-bond acceptors (Lipinski definition) is 7. The molecule has 7 heteroatoms. The quantitative estimate of drug-likeness (QED) is 0.440. The van der Waals surface area contributed by atoms with Crippen molar-refractivity contribution in [1.82, 2.24) is 19.9 Å². The Labute approximate surface area is 193 Å². The van der Waals surface area contributed by atoms with Crippen LogP contribution in [0.5, 0.6) is 0 Å². The number of rotatable bonds is 7. The van der Waals surface area contributed by atoms with Gasteiger partial charge in [-0.05, 0) is 44.0 Å². The van der Waals surface area contributed by atoms with Gasteiger partial charge in [0, 0.05) is 36.6 Å². The van der Waals surface area contributed by atoms with E-state index in [0.717, 1.165) is 34.9 Å². The Kier molecular flexibility index (Phi) is 6.56. The lowest BCUT2D eigenvalue weighted by atomic mass is 10.0. The Morgan fingerprint density at radius 2 is 1.79 bits per heavy atom. The lowest BCUT2D eigenvalue weighted by Crippen LogP contribution is -2.21. The van der Waals surface area contributed by atoms with Crippen LogP contribution in [0.1, 0.15) is 23.7 Å². The molecule has 33 heavy (non-hydrogen) atoms. The van der Waals surface area contributed by atoms with Crippen molar-refractivity contribution in [3.8, 4) is 17.5 Å². The molecule has 7 nitrogen and oxygen atoms in total. The maximum atomic E-state index is 9.12. The molecule has 2 heterocycles. The zero-order chi connectivity index (χ0) is 23.2. The summed E-state index contributed by atoms with van der Waals surface area (Å²) in [6, 6.07) is 23.6. The summed E-state index contributed by atoms with van der Waals surface area (Å²) in [6.45, 7) is 4.02. The van der Waals surface area contributed by atoms with E-state index in [1.165, 1.54) is 0 Å². The fourth-order valence-corrected chi connectivity index (χ4v) is 3.56. The fourth-order valence-electron chi connectivity index (χ4n) is 3.56. The molecule has 0 saturated carbocycles. The highest BCUT2D eigenvalue weighted by Crippen LogP contribution is 2.24. The van der Waals surface area contributed by atoms with Crippen molar-refractivity contribution in [3.63, 3.8) is 0 Å². The van der Waals surface area contributed by atoms with Gasteiger partial charge >= 0.3 is 0 Å². The topological polar surface area (TPSA) is 90.6 Å². The molecule has 164 valence electrons. The van der Waals surface area contributed by atoms with E-state index in [-0.39, 0.29) is 6.04 Å². The predicted octanol–water partition coefficient (Wildman–Crippen LogP) is 4.92. The van der Waals surface area contributed by atoms with Crippen LogP contribution < -0.4 is 10.2 Å². The highest BCUT2D eigenvalue weighted by atomic mass is 15.3. The molecule has 0 aliphatic rings. The zero-order valence-electron chi connectivity index (χ0n) is 18.9. The van der Waals surface area contributed by atoms with E-state index in [4.69, 9.17) is 15.2 Å². The number of aromatic nitrogens is 4. The number of anilines is 3. The van der Waals surface area contributed by atoms with Crippen molar-refractivity contribution < 1.29 is 0 Å². The Morgan fingerprint density at radius 3 is 2.58 bits per heavy atom. The third kappa shape index (κ3) is 5.49. The molecule has 0 bridgehead atoms. The first-order valence-corrected chi connectivity index (χ1v) is 10.8. The van der Waals surface area contributed by atoms with Gasteiger partial charge in [-0.15, -0.1) is 0 Å². The SMILES string of the molecule is Cc1cc(N(C)c2ccnc(-c3ccccc3)n2)nc(NC(C)Cc2cccc(C#N)c2)n1. The molecular formula is C26H25N7. The van der Waals surface area contributed by atoms with E-state index in [1.807, 2.05) is 85.6 Å². The van der Waals surface area contributed by atoms with Crippen LogP contribution in [0.25, 0.3) is 11.4 Å². The first-order valence-electron chi connectivity index (χ1n) is 10.8. The Morgan fingerprint density at radius 1 is 0.970 bits per heavy atom.